The van der Waals surface area contributed by atoms with Gasteiger partial charge in [0.1, 0.15) is 0 Å². The smallest absolute Gasteiger partial charge is 0.0895 e. The Hall–Kier alpha value is -0.540. The van der Waals surface area contributed by atoms with Crippen LogP contribution in [0.5, 0.6) is 0 Å². The van der Waals surface area contributed by atoms with Crippen molar-refractivity contribution in [1.29, 1.82) is 0 Å². The minimum Gasteiger partial charge on any atom is -0.261 e. The van der Waals surface area contributed by atoms with Gasteiger partial charge in [-0.3, -0.25) is 9.97 Å². The van der Waals surface area contributed by atoms with E-state index in [0.717, 1.165) is 11.3 Å². The van der Waals surface area contributed by atoms with Crippen LogP contribution >= 0.6 is 61.1 Å². The van der Waals surface area contributed by atoms with Gasteiger partial charge in [0.05, 0.1) is 11.9 Å². The highest BCUT2D eigenvalue weighted by Crippen LogP contribution is 2.21. The van der Waals surface area contributed by atoms with Gasteiger partial charge in [-0.15, -0.1) is 0 Å². The molecule has 0 radical (unpaired) electrons. The van der Waals surface area contributed by atoms with Gasteiger partial charge in [-0.25, -0.2) is 0 Å². The molecular formula is C16H11BrI2N2. The predicted octanol–water partition coefficient (Wildman–Crippen LogP) is 5.80. The first-order chi connectivity index (χ1) is 10.2. The minimum atomic E-state index is 0.924. The fraction of sp³-hybridized carbons (Fsp3) is 0. The van der Waals surface area contributed by atoms with E-state index in [-0.39, 0.29) is 0 Å². The van der Waals surface area contributed by atoms with Gasteiger partial charge in [0.2, 0.25) is 0 Å². The van der Waals surface area contributed by atoms with Crippen LogP contribution in [0.4, 0.5) is 0 Å². The molecule has 0 aliphatic heterocycles. The second-order valence-corrected chi connectivity index (χ2v) is 7.16. The van der Waals surface area contributed by atoms with Crippen LogP contribution in [0, 0.1) is 7.14 Å². The Morgan fingerprint density at radius 1 is 0.810 bits per heavy atom. The average molecular weight is 565 g/mol. The molecule has 2 aromatic carbocycles. The molecule has 3 aromatic rings. The Bertz CT molecular complexity index is 684. The first-order valence-electron chi connectivity index (χ1n) is 6.09. The highest BCUT2D eigenvalue weighted by Gasteiger charge is 2.01. The maximum Gasteiger partial charge on any atom is 0.0895 e. The molecule has 0 bridgehead atoms. The van der Waals surface area contributed by atoms with Gasteiger partial charge in [-0.1, -0.05) is 30.3 Å². The molecule has 5 heteroatoms. The average Bonchev–Trinajstić information content (AvgIpc) is 2.52. The number of hydrogen-bond donors (Lipinski definition) is 0. The van der Waals surface area contributed by atoms with Crippen LogP contribution in [0.3, 0.4) is 0 Å². The van der Waals surface area contributed by atoms with E-state index in [1.807, 2.05) is 36.4 Å². The molecule has 0 unspecified atom stereocenters. The van der Waals surface area contributed by atoms with Crippen molar-refractivity contribution in [1.82, 2.24) is 9.97 Å². The topological polar surface area (TPSA) is 25.8 Å². The quantitative estimate of drug-likeness (QED) is 0.349. The molecule has 106 valence electrons. The zero-order chi connectivity index (χ0) is 15.1. The maximum absolute atomic E-state index is 4.24. The highest BCUT2D eigenvalue weighted by atomic mass is 127. The van der Waals surface area contributed by atoms with Crippen molar-refractivity contribution in [2.75, 3.05) is 0 Å². The summed E-state index contributed by atoms with van der Waals surface area (Å²) < 4.78 is 3.62. The van der Waals surface area contributed by atoms with Gasteiger partial charge in [-0.05, 0) is 79.3 Å². The summed E-state index contributed by atoms with van der Waals surface area (Å²) in [5.41, 5.74) is 2.06. The first-order valence-corrected chi connectivity index (χ1v) is 9.04. The predicted molar refractivity (Wildman–Crippen MR) is 107 cm³/mol. The molecule has 0 N–H and O–H groups in total. The summed E-state index contributed by atoms with van der Waals surface area (Å²) in [6.45, 7) is 0. The van der Waals surface area contributed by atoms with Crippen LogP contribution in [0.25, 0.3) is 11.3 Å². The van der Waals surface area contributed by atoms with Crippen LogP contribution in [0.1, 0.15) is 0 Å². The number of rotatable bonds is 1. The Labute approximate surface area is 159 Å². The molecule has 0 atom stereocenters. The van der Waals surface area contributed by atoms with E-state index in [4.69, 9.17) is 0 Å². The normalized spacial score (nSPS) is 9.67. The molecule has 1 aromatic heterocycles. The van der Waals surface area contributed by atoms with Crippen molar-refractivity contribution >= 4 is 61.1 Å². The summed E-state index contributed by atoms with van der Waals surface area (Å²) in [6, 6.07) is 16.2. The van der Waals surface area contributed by atoms with Crippen LogP contribution in [-0.4, -0.2) is 9.97 Å². The van der Waals surface area contributed by atoms with Gasteiger partial charge >= 0.3 is 0 Å². The molecule has 21 heavy (non-hydrogen) atoms. The van der Waals surface area contributed by atoms with Crippen LogP contribution < -0.4 is 0 Å². The first kappa shape index (κ1) is 16.8. The van der Waals surface area contributed by atoms with Crippen molar-refractivity contribution in [2.45, 2.75) is 0 Å². The fourth-order valence-electron chi connectivity index (χ4n) is 1.55. The van der Waals surface area contributed by atoms with E-state index in [1.165, 1.54) is 11.6 Å². The van der Waals surface area contributed by atoms with Gasteiger partial charge in [0.15, 0.2) is 0 Å². The Morgan fingerprint density at radius 3 is 2.00 bits per heavy atom. The number of hydrogen-bond acceptors (Lipinski definition) is 2. The Morgan fingerprint density at radius 2 is 1.48 bits per heavy atom. The molecule has 0 amide bonds. The molecule has 2 nitrogen and oxygen atoms in total. The van der Waals surface area contributed by atoms with E-state index in [1.54, 1.807) is 18.6 Å². The summed E-state index contributed by atoms with van der Waals surface area (Å²) in [5.74, 6) is 0. The lowest BCUT2D eigenvalue weighted by molar-refractivity contribution is 1.20. The third kappa shape index (κ3) is 5.30. The number of benzene rings is 2. The summed E-state index contributed by atoms with van der Waals surface area (Å²) in [7, 11) is 0. The molecule has 1 heterocycles. The highest BCUT2D eigenvalue weighted by molar-refractivity contribution is 14.1. The van der Waals surface area contributed by atoms with Crippen molar-refractivity contribution in [3.8, 4) is 11.3 Å². The van der Waals surface area contributed by atoms with Gasteiger partial charge in [0, 0.05) is 29.6 Å². The van der Waals surface area contributed by atoms with E-state index < -0.39 is 0 Å². The molecular weight excluding hydrogens is 554 g/mol. The monoisotopic (exact) mass is 564 g/mol. The molecule has 3 rings (SSSR count). The molecule has 0 aliphatic rings. The maximum atomic E-state index is 4.24. The van der Waals surface area contributed by atoms with Gasteiger partial charge in [-0.2, -0.15) is 0 Å². The fourth-order valence-corrected chi connectivity index (χ4v) is 2.88. The number of aromatic nitrogens is 2. The van der Waals surface area contributed by atoms with Crippen LogP contribution in [-0.2, 0) is 0 Å². The Balaban J connectivity index is 0.000000173. The van der Waals surface area contributed by atoms with Crippen molar-refractivity contribution < 1.29 is 0 Å². The van der Waals surface area contributed by atoms with E-state index in [9.17, 15) is 0 Å². The van der Waals surface area contributed by atoms with Crippen LogP contribution in [0.15, 0.2) is 71.6 Å². The molecule has 0 saturated heterocycles. The number of nitrogens with zero attached hydrogens (tertiary/aromatic N) is 2. The minimum absolute atomic E-state index is 0.924. The van der Waals surface area contributed by atoms with E-state index in [2.05, 4.69) is 83.2 Å². The molecule has 0 aliphatic carbocycles. The van der Waals surface area contributed by atoms with Crippen molar-refractivity contribution in [3.05, 3.63) is 78.7 Å². The standard InChI is InChI=1S/C10H7IN2.C6H4BrI/c11-9-4-2-1-3-8(9)10-7-12-5-6-13-10;7-5-3-1-2-4-6(5)8/h1-7H;1-4H. The summed E-state index contributed by atoms with van der Waals surface area (Å²) in [5, 5.41) is 0. The van der Waals surface area contributed by atoms with Crippen LogP contribution in [0.2, 0.25) is 0 Å². The van der Waals surface area contributed by atoms with Crippen molar-refractivity contribution in [3.63, 3.8) is 0 Å². The largest absolute Gasteiger partial charge is 0.261 e. The zero-order valence-corrected chi connectivity index (χ0v) is 16.8. The lowest BCUT2D eigenvalue weighted by Crippen LogP contribution is -1.86. The third-order valence-corrected chi connectivity index (χ3v) is 5.85. The molecule has 0 saturated carbocycles. The second-order valence-electron chi connectivity index (χ2n) is 3.98. The summed E-state index contributed by atoms with van der Waals surface area (Å²) >= 11 is 7.96. The molecule has 0 fully saturated rings. The SMILES string of the molecule is Brc1ccccc1I.Ic1ccccc1-c1cnccn1. The van der Waals surface area contributed by atoms with E-state index in [0.29, 0.717) is 0 Å². The lowest BCUT2D eigenvalue weighted by Gasteiger charge is -2.01. The van der Waals surface area contributed by atoms with E-state index >= 15 is 0 Å². The molecule has 0 spiro atoms. The third-order valence-electron chi connectivity index (χ3n) is 2.54. The summed E-state index contributed by atoms with van der Waals surface area (Å²) in [6.07, 6.45) is 5.16. The summed E-state index contributed by atoms with van der Waals surface area (Å²) in [4.78, 5) is 8.28. The van der Waals surface area contributed by atoms with Gasteiger partial charge in [0.25, 0.3) is 0 Å². The Kier molecular flexibility index (Phi) is 7.05. The number of halogens is 3. The lowest BCUT2D eigenvalue weighted by atomic mass is 10.2. The van der Waals surface area contributed by atoms with Crippen molar-refractivity contribution in [2.24, 2.45) is 0 Å². The zero-order valence-electron chi connectivity index (χ0n) is 10.9. The van der Waals surface area contributed by atoms with Gasteiger partial charge < -0.3 is 0 Å². The second kappa shape index (κ2) is 8.79.